The van der Waals surface area contributed by atoms with Crippen LogP contribution in [0.25, 0.3) is 0 Å². The van der Waals surface area contributed by atoms with Crippen molar-refractivity contribution in [1.29, 1.82) is 0 Å². The number of likely N-dealkylation sites (N-methyl/N-ethyl adjacent to an activating group) is 1. The van der Waals surface area contributed by atoms with E-state index < -0.39 is 0 Å². The number of carbonyl (C=O) groups excluding carboxylic acids is 1. The van der Waals surface area contributed by atoms with Gasteiger partial charge in [-0.05, 0) is 45.6 Å². The van der Waals surface area contributed by atoms with Gasteiger partial charge in [0.05, 0.1) is 16.8 Å². The molecule has 1 heterocycles. The Balaban J connectivity index is 2.06. The summed E-state index contributed by atoms with van der Waals surface area (Å²) in [5, 5.41) is 2.12. The lowest BCUT2D eigenvalue weighted by Crippen LogP contribution is -2.29. The van der Waals surface area contributed by atoms with Crippen LogP contribution < -0.4 is 0 Å². The van der Waals surface area contributed by atoms with Crippen molar-refractivity contribution in [2.45, 2.75) is 12.5 Å². The van der Waals surface area contributed by atoms with Crippen LogP contribution in [0.2, 0.25) is 0 Å². The van der Waals surface area contributed by atoms with E-state index in [9.17, 15) is 4.79 Å². The molecule has 112 valence electrons. The highest BCUT2D eigenvalue weighted by Gasteiger charge is 2.23. The van der Waals surface area contributed by atoms with E-state index in [4.69, 9.17) is 4.74 Å². The molecule has 1 aromatic heterocycles. The Kier molecular flexibility index (Phi) is 5.96. The van der Waals surface area contributed by atoms with E-state index in [1.165, 1.54) is 12.7 Å². The molecule has 2 rings (SSSR count). The van der Waals surface area contributed by atoms with Crippen LogP contribution in [-0.2, 0) is 16.1 Å². The van der Waals surface area contributed by atoms with E-state index in [0.717, 1.165) is 15.9 Å². The lowest BCUT2D eigenvalue weighted by molar-refractivity contribution is -0.142. The third-order valence-electron chi connectivity index (χ3n) is 3.26. The first-order chi connectivity index (χ1) is 10.1. The average Bonchev–Trinajstić information content (AvgIpc) is 2.90. The van der Waals surface area contributed by atoms with Gasteiger partial charge in [-0.2, -0.15) is 0 Å². The van der Waals surface area contributed by atoms with Crippen molar-refractivity contribution < 1.29 is 9.53 Å². The fourth-order valence-corrected chi connectivity index (χ4v) is 3.46. The van der Waals surface area contributed by atoms with Gasteiger partial charge in [-0.3, -0.25) is 4.79 Å². The highest BCUT2D eigenvalue weighted by atomic mass is 79.9. The molecule has 0 fully saturated rings. The zero-order chi connectivity index (χ0) is 15.2. The Bertz CT molecular complexity index is 585. The smallest absolute Gasteiger partial charge is 0.314 e. The molecule has 1 atom stereocenters. The molecular weight excluding hydrogens is 350 g/mol. The SMILES string of the molecule is COC(=O)C(CN(C)Cc1csc(Br)c1)c1ccccc1. The molecule has 3 nitrogen and oxygen atoms in total. The van der Waals surface area contributed by atoms with Crippen molar-refractivity contribution in [3.05, 3.63) is 56.7 Å². The molecular formula is C16H18BrNO2S. The van der Waals surface area contributed by atoms with E-state index in [2.05, 4.69) is 32.3 Å². The third-order valence-corrected chi connectivity index (χ3v) is 4.81. The second-order valence-electron chi connectivity index (χ2n) is 4.94. The maximum Gasteiger partial charge on any atom is 0.314 e. The fourth-order valence-electron chi connectivity index (χ4n) is 2.26. The predicted octanol–water partition coefficient (Wildman–Crippen LogP) is 3.90. The van der Waals surface area contributed by atoms with E-state index in [1.807, 2.05) is 37.4 Å². The number of hydrogen-bond donors (Lipinski definition) is 0. The quantitative estimate of drug-likeness (QED) is 0.725. The van der Waals surface area contributed by atoms with Gasteiger partial charge in [-0.1, -0.05) is 30.3 Å². The lowest BCUT2D eigenvalue weighted by Gasteiger charge is -2.22. The van der Waals surface area contributed by atoms with Crippen LogP contribution in [0, 0.1) is 0 Å². The first-order valence-electron chi connectivity index (χ1n) is 6.64. The van der Waals surface area contributed by atoms with Gasteiger partial charge in [0.1, 0.15) is 0 Å². The Morgan fingerprint density at radius 2 is 2.10 bits per heavy atom. The largest absolute Gasteiger partial charge is 0.469 e. The maximum absolute atomic E-state index is 12.1. The summed E-state index contributed by atoms with van der Waals surface area (Å²) in [6.45, 7) is 1.44. The summed E-state index contributed by atoms with van der Waals surface area (Å²) < 4.78 is 6.07. The van der Waals surface area contributed by atoms with Gasteiger partial charge < -0.3 is 9.64 Å². The normalized spacial score (nSPS) is 12.4. The zero-order valence-electron chi connectivity index (χ0n) is 12.1. The van der Waals surface area contributed by atoms with Crippen LogP contribution in [-0.4, -0.2) is 31.6 Å². The Morgan fingerprint density at radius 3 is 2.67 bits per heavy atom. The molecule has 0 aliphatic heterocycles. The van der Waals surface area contributed by atoms with E-state index in [0.29, 0.717) is 6.54 Å². The Morgan fingerprint density at radius 1 is 1.38 bits per heavy atom. The minimum absolute atomic E-state index is 0.195. The molecule has 0 aliphatic carbocycles. The van der Waals surface area contributed by atoms with Crippen molar-refractivity contribution in [3.8, 4) is 0 Å². The number of benzene rings is 1. The summed E-state index contributed by atoms with van der Waals surface area (Å²) in [5.41, 5.74) is 2.23. The van der Waals surface area contributed by atoms with Crippen LogP contribution in [0.3, 0.4) is 0 Å². The number of hydrogen-bond acceptors (Lipinski definition) is 4. The van der Waals surface area contributed by atoms with Crippen LogP contribution in [0.1, 0.15) is 17.0 Å². The molecule has 1 unspecified atom stereocenters. The minimum Gasteiger partial charge on any atom is -0.469 e. The standard InChI is InChI=1S/C16H18BrNO2S/c1-18(9-12-8-15(17)21-11-12)10-14(16(19)20-2)13-6-4-3-5-7-13/h3-8,11,14H,9-10H2,1-2H3. The van der Waals surface area contributed by atoms with Crippen LogP contribution >= 0.6 is 27.3 Å². The van der Waals surface area contributed by atoms with E-state index >= 15 is 0 Å². The second kappa shape index (κ2) is 7.73. The molecule has 0 N–H and O–H groups in total. The molecule has 0 saturated heterocycles. The summed E-state index contributed by atoms with van der Waals surface area (Å²) in [6.07, 6.45) is 0. The Labute approximate surface area is 137 Å². The fraction of sp³-hybridized carbons (Fsp3) is 0.312. The number of thiophene rings is 1. The maximum atomic E-state index is 12.1. The molecule has 0 amide bonds. The van der Waals surface area contributed by atoms with Crippen LogP contribution in [0.4, 0.5) is 0 Å². The molecule has 5 heteroatoms. The highest BCUT2D eigenvalue weighted by molar-refractivity contribution is 9.11. The molecule has 0 radical (unpaired) electrons. The summed E-state index contributed by atoms with van der Waals surface area (Å²) in [7, 11) is 3.46. The molecule has 0 spiro atoms. The van der Waals surface area contributed by atoms with Gasteiger partial charge in [-0.25, -0.2) is 0 Å². The third kappa shape index (κ3) is 4.66. The number of esters is 1. The lowest BCUT2D eigenvalue weighted by atomic mass is 9.98. The summed E-state index contributed by atoms with van der Waals surface area (Å²) >= 11 is 5.14. The van der Waals surface area contributed by atoms with Gasteiger partial charge in [0.25, 0.3) is 0 Å². The van der Waals surface area contributed by atoms with Gasteiger partial charge in [-0.15, -0.1) is 11.3 Å². The monoisotopic (exact) mass is 367 g/mol. The topological polar surface area (TPSA) is 29.5 Å². The molecule has 0 saturated carbocycles. The number of rotatable bonds is 6. The number of ether oxygens (including phenoxy) is 1. The van der Waals surface area contributed by atoms with Crippen LogP contribution in [0.5, 0.6) is 0 Å². The van der Waals surface area contributed by atoms with Crippen LogP contribution in [0.15, 0.2) is 45.6 Å². The van der Waals surface area contributed by atoms with Crippen molar-refractivity contribution in [2.75, 3.05) is 20.7 Å². The van der Waals surface area contributed by atoms with Gasteiger partial charge in [0.2, 0.25) is 0 Å². The first-order valence-corrected chi connectivity index (χ1v) is 8.31. The average molecular weight is 368 g/mol. The first kappa shape index (κ1) is 16.2. The van der Waals surface area contributed by atoms with Crippen molar-refractivity contribution in [1.82, 2.24) is 4.90 Å². The Hall–Kier alpha value is -1.17. The van der Waals surface area contributed by atoms with Crippen molar-refractivity contribution in [3.63, 3.8) is 0 Å². The van der Waals surface area contributed by atoms with Crippen molar-refractivity contribution in [2.24, 2.45) is 0 Å². The molecule has 0 bridgehead atoms. The number of nitrogens with zero attached hydrogens (tertiary/aromatic N) is 1. The van der Waals surface area contributed by atoms with Gasteiger partial charge >= 0.3 is 5.97 Å². The molecule has 0 aliphatic rings. The summed E-state index contributed by atoms with van der Waals surface area (Å²) in [4.78, 5) is 14.2. The summed E-state index contributed by atoms with van der Waals surface area (Å²) in [6, 6.07) is 11.9. The molecule has 2 aromatic rings. The number of halogens is 1. The predicted molar refractivity (Wildman–Crippen MR) is 89.6 cm³/mol. The van der Waals surface area contributed by atoms with Gasteiger partial charge in [0.15, 0.2) is 0 Å². The number of carbonyl (C=O) groups is 1. The van der Waals surface area contributed by atoms with E-state index in [1.54, 1.807) is 11.3 Å². The van der Waals surface area contributed by atoms with E-state index in [-0.39, 0.29) is 11.9 Å². The second-order valence-corrected chi connectivity index (χ2v) is 7.23. The minimum atomic E-state index is -0.261. The zero-order valence-corrected chi connectivity index (χ0v) is 14.5. The highest BCUT2D eigenvalue weighted by Crippen LogP contribution is 2.23. The van der Waals surface area contributed by atoms with Crippen molar-refractivity contribution >= 4 is 33.2 Å². The number of methoxy groups -OCH3 is 1. The van der Waals surface area contributed by atoms with Gasteiger partial charge in [0, 0.05) is 13.1 Å². The summed E-state index contributed by atoms with van der Waals surface area (Å²) in [5.74, 6) is -0.456. The molecule has 21 heavy (non-hydrogen) atoms. The molecule has 1 aromatic carbocycles.